The molecular weight excluding hydrogens is 240 g/mol. The number of carbonyl (C=O) groups is 1. The third kappa shape index (κ3) is 3.14. The third-order valence-electron chi connectivity index (χ3n) is 3.69. The predicted molar refractivity (Wildman–Crippen MR) is 75.5 cm³/mol. The molecule has 104 valence electrons. The van der Waals surface area contributed by atoms with Crippen molar-refractivity contribution in [1.29, 1.82) is 0 Å². The number of nitrogens with zero attached hydrogens (tertiary/aromatic N) is 1. The highest BCUT2D eigenvalue weighted by Gasteiger charge is 2.25. The molecule has 1 amide bonds. The number of hydrogen-bond donors (Lipinski definition) is 1. The lowest BCUT2D eigenvalue weighted by Crippen LogP contribution is -2.48. The molecule has 1 aromatic carbocycles. The van der Waals surface area contributed by atoms with E-state index < -0.39 is 0 Å². The van der Waals surface area contributed by atoms with E-state index in [0.29, 0.717) is 19.7 Å². The lowest BCUT2D eigenvalue weighted by atomic mass is 10.0. The summed E-state index contributed by atoms with van der Waals surface area (Å²) >= 11 is 0. The second kappa shape index (κ2) is 6.17. The second-order valence-electron chi connectivity index (χ2n) is 5.05. The number of carbonyl (C=O) groups excluding carboxylic acids is 1. The van der Waals surface area contributed by atoms with Crippen LogP contribution in [-0.4, -0.2) is 50.2 Å². The monoisotopic (exact) mass is 262 g/mol. The van der Waals surface area contributed by atoms with Crippen LogP contribution in [-0.2, 0) is 4.74 Å². The number of rotatable bonds is 3. The maximum Gasteiger partial charge on any atom is 0.254 e. The molecule has 1 fully saturated rings. The Hall–Kier alpha value is -1.39. The highest BCUT2D eigenvalue weighted by molar-refractivity contribution is 5.96. The van der Waals surface area contributed by atoms with Gasteiger partial charge in [0.2, 0.25) is 0 Å². The first-order valence-electron chi connectivity index (χ1n) is 6.75. The quantitative estimate of drug-likeness (QED) is 0.894. The Morgan fingerprint density at radius 1 is 1.47 bits per heavy atom. The van der Waals surface area contributed by atoms with Crippen LogP contribution in [0.15, 0.2) is 18.2 Å². The molecule has 1 aliphatic heterocycles. The molecule has 0 saturated carbocycles. The minimum atomic E-state index is 0.0906. The Balaban J connectivity index is 2.12. The van der Waals surface area contributed by atoms with Gasteiger partial charge < -0.3 is 15.0 Å². The van der Waals surface area contributed by atoms with Gasteiger partial charge in [-0.05, 0) is 38.1 Å². The van der Waals surface area contributed by atoms with Crippen molar-refractivity contribution in [1.82, 2.24) is 10.2 Å². The minimum absolute atomic E-state index is 0.0906. The molecule has 4 heteroatoms. The summed E-state index contributed by atoms with van der Waals surface area (Å²) in [5.74, 6) is 0.116. The van der Waals surface area contributed by atoms with Gasteiger partial charge in [-0.25, -0.2) is 0 Å². The van der Waals surface area contributed by atoms with Crippen LogP contribution < -0.4 is 5.32 Å². The van der Waals surface area contributed by atoms with Crippen LogP contribution in [0.25, 0.3) is 0 Å². The number of hydrogen-bond acceptors (Lipinski definition) is 3. The van der Waals surface area contributed by atoms with Gasteiger partial charge in [0.1, 0.15) is 0 Å². The molecule has 0 radical (unpaired) electrons. The summed E-state index contributed by atoms with van der Waals surface area (Å²) in [6.45, 7) is 6.77. The van der Waals surface area contributed by atoms with Gasteiger partial charge in [-0.2, -0.15) is 0 Å². The molecular formula is C15H22N2O2. The van der Waals surface area contributed by atoms with Crippen molar-refractivity contribution in [3.8, 4) is 0 Å². The first-order valence-corrected chi connectivity index (χ1v) is 6.75. The first kappa shape index (κ1) is 14.0. The van der Waals surface area contributed by atoms with Crippen LogP contribution in [0, 0.1) is 13.8 Å². The van der Waals surface area contributed by atoms with E-state index in [2.05, 4.69) is 5.32 Å². The van der Waals surface area contributed by atoms with E-state index in [4.69, 9.17) is 4.74 Å². The smallest absolute Gasteiger partial charge is 0.254 e. The number of aryl methyl sites for hydroxylation is 1. The standard InChI is InChI=1S/C15H22N2O2/c1-11-5-4-6-14(12(11)2)15(18)17-7-8-19-13(10-17)9-16-3/h4-6,13,16H,7-10H2,1-3H3. The van der Waals surface area contributed by atoms with E-state index in [1.54, 1.807) is 0 Å². The number of ether oxygens (including phenoxy) is 1. The Morgan fingerprint density at radius 3 is 3.00 bits per heavy atom. The second-order valence-corrected chi connectivity index (χ2v) is 5.05. The fourth-order valence-electron chi connectivity index (χ4n) is 2.41. The zero-order chi connectivity index (χ0) is 13.8. The molecule has 0 aromatic heterocycles. The van der Waals surface area contributed by atoms with E-state index in [-0.39, 0.29) is 12.0 Å². The topological polar surface area (TPSA) is 41.6 Å². The molecule has 1 N–H and O–H groups in total. The van der Waals surface area contributed by atoms with Gasteiger partial charge in [0.25, 0.3) is 5.91 Å². The van der Waals surface area contributed by atoms with Crippen LogP contribution in [0.3, 0.4) is 0 Å². The maximum absolute atomic E-state index is 12.6. The summed E-state index contributed by atoms with van der Waals surface area (Å²) < 4.78 is 5.63. The maximum atomic E-state index is 12.6. The fourth-order valence-corrected chi connectivity index (χ4v) is 2.41. The highest BCUT2D eigenvalue weighted by atomic mass is 16.5. The van der Waals surface area contributed by atoms with Crippen molar-refractivity contribution < 1.29 is 9.53 Å². The molecule has 1 aliphatic rings. The van der Waals surface area contributed by atoms with Crippen molar-refractivity contribution in [3.63, 3.8) is 0 Å². The Morgan fingerprint density at radius 2 is 2.26 bits per heavy atom. The molecule has 1 atom stereocenters. The van der Waals surface area contributed by atoms with Crippen LogP contribution in [0.1, 0.15) is 21.5 Å². The summed E-state index contributed by atoms with van der Waals surface area (Å²) in [6, 6.07) is 5.89. The zero-order valence-corrected chi connectivity index (χ0v) is 11.9. The molecule has 4 nitrogen and oxygen atoms in total. The van der Waals surface area contributed by atoms with Crippen LogP contribution in [0.4, 0.5) is 0 Å². The van der Waals surface area contributed by atoms with Gasteiger partial charge in [0.05, 0.1) is 12.7 Å². The average Bonchev–Trinajstić information content (AvgIpc) is 2.42. The van der Waals surface area contributed by atoms with Crippen LogP contribution in [0.5, 0.6) is 0 Å². The number of nitrogens with one attached hydrogen (secondary N) is 1. The van der Waals surface area contributed by atoms with Crippen molar-refractivity contribution in [2.75, 3.05) is 33.3 Å². The van der Waals surface area contributed by atoms with E-state index >= 15 is 0 Å². The molecule has 0 bridgehead atoms. The lowest BCUT2D eigenvalue weighted by molar-refractivity contribution is -0.0196. The van der Waals surface area contributed by atoms with Crippen LogP contribution >= 0.6 is 0 Å². The molecule has 0 spiro atoms. The fraction of sp³-hybridized carbons (Fsp3) is 0.533. The molecule has 19 heavy (non-hydrogen) atoms. The van der Waals surface area contributed by atoms with Gasteiger partial charge in [0.15, 0.2) is 0 Å². The third-order valence-corrected chi connectivity index (χ3v) is 3.69. The van der Waals surface area contributed by atoms with Gasteiger partial charge in [-0.15, -0.1) is 0 Å². The van der Waals surface area contributed by atoms with Gasteiger partial charge >= 0.3 is 0 Å². The summed E-state index contributed by atoms with van der Waals surface area (Å²) in [5, 5.41) is 3.09. The summed E-state index contributed by atoms with van der Waals surface area (Å²) in [7, 11) is 1.90. The summed E-state index contributed by atoms with van der Waals surface area (Å²) in [5.41, 5.74) is 3.04. The van der Waals surface area contributed by atoms with E-state index in [0.717, 1.165) is 23.2 Å². The first-order chi connectivity index (χ1) is 9.13. The predicted octanol–water partition coefficient (Wildman–Crippen LogP) is 1.36. The van der Waals surface area contributed by atoms with Gasteiger partial charge in [-0.3, -0.25) is 4.79 Å². The Labute approximate surface area is 114 Å². The van der Waals surface area contributed by atoms with Gasteiger partial charge in [0, 0.05) is 25.2 Å². The van der Waals surface area contributed by atoms with Crippen molar-refractivity contribution in [2.45, 2.75) is 20.0 Å². The number of morpholine rings is 1. The summed E-state index contributed by atoms with van der Waals surface area (Å²) in [6.07, 6.45) is 0.0906. The highest BCUT2D eigenvalue weighted by Crippen LogP contribution is 2.16. The Bertz CT molecular complexity index is 457. The van der Waals surface area contributed by atoms with Crippen molar-refractivity contribution in [2.24, 2.45) is 0 Å². The Kier molecular flexibility index (Phi) is 4.56. The molecule has 1 aromatic rings. The normalized spacial score (nSPS) is 19.5. The number of benzene rings is 1. The van der Waals surface area contributed by atoms with E-state index in [1.807, 2.05) is 44.0 Å². The van der Waals surface area contributed by atoms with Gasteiger partial charge in [-0.1, -0.05) is 12.1 Å². The average molecular weight is 262 g/mol. The van der Waals surface area contributed by atoms with E-state index in [9.17, 15) is 4.79 Å². The molecule has 1 heterocycles. The number of likely N-dealkylation sites (N-methyl/N-ethyl adjacent to an activating group) is 1. The largest absolute Gasteiger partial charge is 0.373 e. The van der Waals surface area contributed by atoms with Crippen LogP contribution in [0.2, 0.25) is 0 Å². The number of amides is 1. The van der Waals surface area contributed by atoms with Crippen molar-refractivity contribution >= 4 is 5.91 Å². The lowest BCUT2D eigenvalue weighted by Gasteiger charge is -2.33. The zero-order valence-electron chi connectivity index (χ0n) is 11.9. The molecule has 2 rings (SSSR count). The minimum Gasteiger partial charge on any atom is -0.373 e. The molecule has 1 saturated heterocycles. The molecule has 0 aliphatic carbocycles. The van der Waals surface area contributed by atoms with Crippen molar-refractivity contribution in [3.05, 3.63) is 34.9 Å². The SMILES string of the molecule is CNCC1CN(C(=O)c2cccc(C)c2C)CCO1. The summed E-state index contributed by atoms with van der Waals surface area (Å²) in [4.78, 5) is 14.5. The molecule has 1 unspecified atom stereocenters. The van der Waals surface area contributed by atoms with E-state index in [1.165, 1.54) is 0 Å².